The fraction of sp³-hybridized carbons (Fsp3) is 0.364. The summed E-state index contributed by atoms with van der Waals surface area (Å²) < 4.78 is 43.5. The second kappa shape index (κ2) is 9.04. The van der Waals surface area contributed by atoms with Crippen LogP contribution in [0, 0.1) is 13.8 Å². The van der Waals surface area contributed by atoms with Gasteiger partial charge in [-0.1, -0.05) is 28.6 Å². The summed E-state index contributed by atoms with van der Waals surface area (Å²) in [5.41, 5.74) is 4.52. The number of nitrogens with zero attached hydrogens (tertiary/aromatic N) is 1. The molecule has 0 aliphatic carbocycles. The van der Waals surface area contributed by atoms with Crippen LogP contribution in [-0.4, -0.2) is 24.2 Å². The molecule has 0 unspecified atom stereocenters. The summed E-state index contributed by atoms with van der Waals surface area (Å²) in [7, 11) is 0. The van der Waals surface area contributed by atoms with Gasteiger partial charge in [0.2, 0.25) is 0 Å². The molecule has 0 radical (unpaired) electrons. The van der Waals surface area contributed by atoms with Crippen molar-refractivity contribution in [1.29, 1.82) is 0 Å². The Balaban J connectivity index is 1.93. The predicted octanol–water partition coefficient (Wildman–Crippen LogP) is 7.36. The Morgan fingerprint density at radius 3 is 2.52 bits per heavy atom. The summed E-state index contributed by atoms with van der Waals surface area (Å²) in [6, 6.07) is 9.20. The molecule has 1 heterocycles. The number of halogens is 4. The summed E-state index contributed by atoms with van der Waals surface area (Å²) >= 11 is 4.87. The highest BCUT2D eigenvalue weighted by molar-refractivity contribution is 9.10. The molecule has 7 heteroatoms. The van der Waals surface area contributed by atoms with Gasteiger partial charge in [-0.05, 0) is 79.6 Å². The van der Waals surface area contributed by atoms with Crippen molar-refractivity contribution in [3.63, 3.8) is 0 Å². The molecule has 0 bridgehead atoms. The molecule has 1 saturated heterocycles. The van der Waals surface area contributed by atoms with E-state index in [0.717, 1.165) is 57.7 Å². The first-order valence-corrected chi connectivity index (χ1v) is 11.1. The molecule has 0 amide bonds. The molecule has 1 fully saturated rings. The fourth-order valence-electron chi connectivity index (χ4n) is 3.46. The molecule has 29 heavy (non-hydrogen) atoms. The van der Waals surface area contributed by atoms with Crippen LogP contribution in [0.3, 0.4) is 0 Å². The minimum Gasteiger partial charge on any atom is -0.372 e. The van der Waals surface area contributed by atoms with Crippen LogP contribution in [-0.2, 0) is 6.42 Å². The lowest BCUT2D eigenvalue weighted by molar-refractivity contribution is -0.127. The van der Waals surface area contributed by atoms with E-state index in [-0.39, 0.29) is 5.56 Å². The Kier molecular flexibility index (Phi) is 6.89. The number of hydrogen-bond acceptors (Lipinski definition) is 3. The molecule has 1 aliphatic heterocycles. The number of nitrogens with one attached hydrogen (secondary N) is 1. The predicted molar refractivity (Wildman–Crippen MR) is 119 cm³/mol. The maximum absolute atomic E-state index is 13.1. The third-order valence-corrected chi connectivity index (χ3v) is 6.57. The monoisotopic (exact) mass is 484 g/mol. The van der Waals surface area contributed by atoms with Crippen molar-refractivity contribution in [1.82, 2.24) is 4.90 Å². The van der Waals surface area contributed by atoms with Gasteiger partial charge in [-0.15, -0.1) is 0 Å². The highest BCUT2D eigenvalue weighted by atomic mass is 79.9. The summed E-state index contributed by atoms with van der Waals surface area (Å²) in [5.74, 6) is 0. The van der Waals surface area contributed by atoms with Crippen molar-refractivity contribution in [3.05, 3.63) is 63.6 Å². The van der Waals surface area contributed by atoms with Crippen molar-refractivity contribution in [2.24, 2.45) is 0 Å². The summed E-state index contributed by atoms with van der Waals surface area (Å²) in [4.78, 5) is 3.18. The topological polar surface area (TPSA) is 15.3 Å². The normalized spacial score (nSPS) is 14.3. The minimum absolute atomic E-state index is 0.243. The number of alkyl halides is 3. The smallest absolute Gasteiger partial charge is 0.372 e. The average molecular weight is 485 g/mol. The van der Waals surface area contributed by atoms with Gasteiger partial charge in [0.25, 0.3) is 0 Å². The van der Waals surface area contributed by atoms with Gasteiger partial charge in [0, 0.05) is 39.4 Å². The van der Waals surface area contributed by atoms with E-state index in [0.29, 0.717) is 5.69 Å². The van der Waals surface area contributed by atoms with Crippen molar-refractivity contribution < 1.29 is 13.2 Å². The molecule has 0 spiro atoms. The summed E-state index contributed by atoms with van der Waals surface area (Å²) in [6.45, 7) is 9.93. The highest BCUT2D eigenvalue weighted by Gasteiger charge is 2.29. The summed E-state index contributed by atoms with van der Waals surface area (Å²) in [5, 5.41) is 0. The van der Waals surface area contributed by atoms with Crippen molar-refractivity contribution in [2.75, 3.05) is 17.8 Å². The van der Waals surface area contributed by atoms with E-state index in [1.165, 1.54) is 11.9 Å². The molecule has 2 nitrogen and oxygen atoms in total. The third kappa shape index (κ3) is 5.72. The number of aryl methyl sites for hydroxylation is 1. The zero-order chi connectivity index (χ0) is 21.2. The van der Waals surface area contributed by atoms with Crippen molar-refractivity contribution in [2.45, 2.75) is 44.2 Å². The van der Waals surface area contributed by atoms with Crippen molar-refractivity contribution in [3.8, 4) is 0 Å². The Bertz CT molecular complexity index is 906. The van der Waals surface area contributed by atoms with E-state index in [4.69, 9.17) is 0 Å². The number of benzene rings is 2. The van der Waals surface area contributed by atoms with Gasteiger partial charge in [-0.25, -0.2) is 0 Å². The Morgan fingerprint density at radius 1 is 1.17 bits per heavy atom. The molecule has 156 valence electrons. The van der Waals surface area contributed by atoms with Crippen LogP contribution in [0.15, 0.2) is 46.3 Å². The number of hydrogen-bond donors (Lipinski definition) is 1. The van der Waals surface area contributed by atoms with E-state index in [1.54, 1.807) is 12.1 Å². The second-order valence-electron chi connectivity index (χ2n) is 7.36. The SMILES string of the molecule is C=C(c1cc(CC(F)(F)F)cc(NSc2cc(Br)ccc2C)c1C)N1CCCC1. The van der Waals surface area contributed by atoms with Crippen LogP contribution in [0.25, 0.3) is 5.70 Å². The quantitative estimate of drug-likeness (QED) is 0.431. The number of likely N-dealkylation sites (tertiary alicyclic amines) is 1. The maximum atomic E-state index is 13.1. The lowest BCUT2D eigenvalue weighted by atomic mass is 9.98. The zero-order valence-corrected chi connectivity index (χ0v) is 18.9. The number of anilines is 1. The van der Waals surface area contributed by atoms with E-state index in [1.807, 2.05) is 32.0 Å². The van der Waals surface area contributed by atoms with Gasteiger partial charge in [-0.2, -0.15) is 13.2 Å². The maximum Gasteiger partial charge on any atom is 0.393 e. The largest absolute Gasteiger partial charge is 0.393 e. The van der Waals surface area contributed by atoms with Gasteiger partial charge in [0.15, 0.2) is 0 Å². The van der Waals surface area contributed by atoms with E-state index >= 15 is 0 Å². The minimum atomic E-state index is -4.26. The van der Waals surface area contributed by atoms with E-state index in [2.05, 4.69) is 32.1 Å². The lowest BCUT2D eigenvalue weighted by Gasteiger charge is -2.24. The molecule has 3 rings (SSSR count). The molecule has 0 atom stereocenters. The van der Waals surface area contributed by atoms with Gasteiger partial charge in [0.1, 0.15) is 0 Å². The first kappa shape index (κ1) is 22.1. The Hall–Kier alpha value is -1.60. The molecule has 0 saturated carbocycles. The van der Waals surface area contributed by atoms with Crippen molar-refractivity contribution >= 4 is 39.3 Å². The van der Waals surface area contributed by atoms with E-state index in [9.17, 15) is 13.2 Å². The fourth-order valence-corrected chi connectivity index (χ4v) is 4.82. The Labute approximate surface area is 182 Å². The van der Waals surface area contributed by atoms with Crippen LogP contribution in [0.2, 0.25) is 0 Å². The Morgan fingerprint density at radius 2 is 1.86 bits per heavy atom. The van der Waals surface area contributed by atoms with Gasteiger partial charge >= 0.3 is 6.18 Å². The van der Waals surface area contributed by atoms with Gasteiger partial charge < -0.3 is 9.62 Å². The molecule has 2 aromatic carbocycles. The van der Waals surface area contributed by atoms with E-state index < -0.39 is 12.6 Å². The molecule has 1 N–H and O–H groups in total. The van der Waals surface area contributed by atoms with Crippen LogP contribution in [0.5, 0.6) is 0 Å². The van der Waals surface area contributed by atoms with Crippen LogP contribution in [0.4, 0.5) is 18.9 Å². The van der Waals surface area contributed by atoms with Crippen LogP contribution < -0.4 is 4.72 Å². The number of rotatable bonds is 6. The third-order valence-electron chi connectivity index (χ3n) is 5.09. The van der Waals surface area contributed by atoms with Crippen LogP contribution in [0.1, 0.15) is 35.1 Å². The molecular weight excluding hydrogens is 461 g/mol. The first-order valence-electron chi connectivity index (χ1n) is 9.47. The zero-order valence-electron chi connectivity index (χ0n) is 16.5. The molecule has 1 aliphatic rings. The lowest BCUT2D eigenvalue weighted by Crippen LogP contribution is -2.18. The molecule has 0 aromatic heterocycles. The first-order chi connectivity index (χ1) is 13.6. The summed E-state index contributed by atoms with van der Waals surface area (Å²) in [6.07, 6.45) is -3.04. The highest BCUT2D eigenvalue weighted by Crippen LogP contribution is 2.35. The van der Waals surface area contributed by atoms with Gasteiger partial charge in [0.05, 0.1) is 6.42 Å². The molecular formula is C22H24BrF3N2S. The standard InChI is InChI=1S/C22H24BrF3N2S/c1-14-6-7-18(23)12-21(14)29-27-20-11-17(13-22(24,25)26)10-19(15(20)2)16(3)28-8-4-5-9-28/h6-7,10-12,27H,3-5,8-9,13H2,1-2H3. The average Bonchev–Trinajstić information content (AvgIpc) is 3.17. The molecule has 2 aromatic rings. The second-order valence-corrected chi connectivity index (χ2v) is 9.13. The van der Waals surface area contributed by atoms with Crippen LogP contribution >= 0.6 is 27.9 Å². The van der Waals surface area contributed by atoms with Gasteiger partial charge in [-0.3, -0.25) is 0 Å².